The normalized spacial score (nSPS) is 28.2. The first-order chi connectivity index (χ1) is 15.9. The Labute approximate surface area is 202 Å². The van der Waals surface area contributed by atoms with Gasteiger partial charge in [-0.15, -0.1) is 0 Å². The summed E-state index contributed by atoms with van der Waals surface area (Å²) < 4.78 is 10.9. The first kappa shape index (κ1) is 24.6. The molecule has 4 saturated carbocycles. The molecule has 0 saturated heterocycles. The van der Waals surface area contributed by atoms with E-state index < -0.39 is 23.7 Å². The second kappa shape index (κ2) is 9.23. The third-order valence-corrected chi connectivity index (χ3v) is 7.45. The Balaban J connectivity index is 1.48. The molecule has 0 unspecified atom stereocenters. The first-order valence-electron chi connectivity index (χ1n) is 12.4. The molecule has 0 radical (unpaired) electrons. The molecule has 4 bridgehead atoms. The van der Waals surface area contributed by atoms with Crippen LogP contribution in [-0.2, 0) is 20.7 Å². The summed E-state index contributed by atoms with van der Waals surface area (Å²) in [6.07, 6.45) is 6.46. The van der Waals surface area contributed by atoms with Gasteiger partial charge in [0.2, 0.25) is 5.91 Å². The maximum Gasteiger partial charge on any atom is 0.414 e. The standard InChI is InChI=1S/C27H38N2O5/c1-26(2,3)34-23(30)22(13-17-6-8-21(9-7-17)33-25(32)29(4)5)28-24(31)27-14-18-10-19(15-27)12-20(11-18)16-27/h6-9,18-20,22H,10-16H2,1-5H3,(H,28,31)/t18?,19?,20?,22-,27?/m0/s1. The predicted molar refractivity (Wildman–Crippen MR) is 128 cm³/mol. The van der Waals surface area contributed by atoms with Crippen LogP contribution in [0.25, 0.3) is 0 Å². The molecule has 4 fully saturated rings. The molecule has 7 nitrogen and oxygen atoms in total. The Hall–Kier alpha value is -2.57. The van der Waals surface area contributed by atoms with E-state index in [9.17, 15) is 14.4 Å². The fourth-order valence-corrected chi connectivity index (χ4v) is 6.39. The highest BCUT2D eigenvalue weighted by Crippen LogP contribution is 2.60. The summed E-state index contributed by atoms with van der Waals surface area (Å²) in [5, 5.41) is 3.10. The Morgan fingerprint density at radius 1 is 1.00 bits per heavy atom. The van der Waals surface area contributed by atoms with Crippen LogP contribution >= 0.6 is 0 Å². The van der Waals surface area contributed by atoms with Crippen molar-refractivity contribution in [3.8, 4) is 5.75 Å². The monoisotopic (exact) mass is 470 g/mol. The number of carbonyl (C=O) groups is 3. The maximum absolute atomic E-state index is 13.6. The largest absolute Gasteiger partial charge is 0.458 e. The van der Waals surface area contributed by atoms with Crippen molar-refractivity contribution in [3.63, 3.8) is 0 Å². The molecule has 5 rings (SSSR count). The number of ether oxygens (including phenoxy) is 2. The van der Waals surface area contributed by atoms with E-state index in [4.69, 9.17) is 9.47 Å². The van der Waals surface area contributed by atoms with Gasteiger partial charge in [0.15, 0.2) is 0 Å². The van der Waals surface area contributed by atoms with Crippen molar-refractivity contribution in [2.75, 3.05) is 14.1 Å². The molecule has 1 aromatic rings. The molecule has 0 aromatic heterocycles. The minimum absolute atomic E-state index is 0.0130. The van der Waals surface area contributed by atoms with E-state index >= 15 is 0 Å². The second-order valence-corrected chi connectivity index (χ2v) is 11.9. The zero-order chi connectivity index (χ0) is 24.7. The van der Waals surface area contributed by atoms with Crippen molar-refractivity contribution in [3.05, 3.63) is 29.8 Å². The summed E-state index contributed by atoms with van der Waals surface area (Å²) in [5.41, 5.74) is -0.129. The Morgan fingerprint density at radius 2 is 1.53 bits per heavy atom. The molecule has 1 N–H and O–H groups in total. The first-order valence-corrected chi connectivity index (χ1v) is 12.4. The van der Waals surface area contributed by atoms with E-state index in [2.05, 4.69) is 5.32 Å². The van der Waals surface area contributed by atoms with Gasteiger partial charge in [-0.05, 0) is 94.7 Å². The van der Waals surface area contributed by atoms with Crippen molar-refractivity contribution in [1.82, 2.24) is 10.2 Å². The Morgan fingerprint density at radius 3 is 2.00 bits per heavy atom. The average Bonchev–Trinajstić information content (AvgIpc) is 2.72. The van der Waals surface area contributed by atoms with Gasteiger partial charge < -0.3 is 19.7 Å². The van der Waals surface area contributed by atoms with Gasteiger partial charge in [0.25, 0.3) is 0 Å². The van der Waals surface area contributed by atoms with Gasteiger partial charge in [-0.1, -0.05) is 12.1 Å². The summed E-state index contributed by atoms with van der Waals surface area (Å²) in [6, 6.07) is 6.25. The van der Waals surface area contributed by atoms with Gasteiger partial charge in [0.1, 0.15) is 17.4 Å². The zero-order valence-electron chi connectivity index (χ0n) is 21.1. The average molecular weight is 471 g/mol. The molecular weight excluding hydrogens is 432 g/mol. The summed E-state index contributed by atoms with van der Waals surface area (Å²) in [7, 11) is 3.24. The third kappa shape index (κ3) is 5.56. The molecule has 1 aromatic carbocycles. The summed E-state index contributed by atoms with van der Waals surface area (Å²) in [5.74, 6) is 1.96. The maximum atomic E-state index is 13.6. The smallest absolute Gasteiger partial charge is 0.414 e. The van der Waals surface area contributed by atoms with Gasteiger partial charge in [0.05, 0.1) is 0 Å². The minimum atomic E-state index is -0.769. The number of nitrogens with zero attached hydrogens (tertiary/aromatic N) is 1. The predicted octanol–water partition coefficient (Wildman–Crippen LogP) is 4.33. The van der Waals surface area contributed by atoms with Crippen LogP contribution in [0.3, 0.4) is 0 Å². The molecule has 4 aliphatic carbocycles. The molecule has 4 aliphatic rings. The molecule has 0 aliphatic heterocycles. The molecule has 1 atom stereocenters. The number of benzene rings is 1. The van der Waals surface area contributed by atoms with E-state index in [-0.39, 0.29) is 11.3 Å². The van der Waals surface area contributed by atoms with Crippen LogP contribution in [0, 0.1) is 23.2 Å². The number of hydrogen-bond donors (Lipinski definition) is 1. The topological polar surface area (TPSA) is 84.9 Å². The van der Waals surface area contributed by atoms with Crippen LogP contribution in [0.1, 0.15) is 64.9 Å². The number of amides is 2. The number of esters is 1. The lowest BCUT2D eigenvalue weighted by molar-refractivity contribution is -0.161. The second-order valence-electron chi connectivity index (χ2n) is 11.9. The quantitative estimate of drug-likeness (QED) is 0.626. The lowest BCUT2D eigenvalue weighted by atomic mass is 9.49. The molecule has 0 heterocycles. The fraction of sp³-hybridized carbons (Fsp3) is 0.667. The number of carbonyl (C=O) groups excluding carboxylic acids is 3. The van der Waals surface area contributed by atoms with Gasteiger partial charge in [-0.25, -0.2) is 9.59 Å². The van der Waals surface area contributed by atoms with Crippen molar-refractivity contribution in [1.29, 1.82) is 0 Å². The van der Waals surface area contributed by atoms with Gasteiger partial charge in [-0.3, -0.25) is 4.79 Å². The SMILES string of the molecule is CN(C)C(=O)Oc1ccc(C[C@H](NC(=O)C23CC4CC(CC(C4)C2)C3)C(=O)OC(C)(C)C)cc1. The van der Waals surface area contributed by atoms with Gasteiger partial charge >= 0.3 is 12.1 Å². The Kier molecular flexibility index (Phi) is 6.67. The molecular formula is C27H38N2O5. The van der Waals surface area contributed by atoms with E-state index in [1.165, 1.54) is 24.2 Å². The van der Waals surface area contributed by atoms with Crippen LogP contribution in [0.2, 0.25) is 0 Å². The van der Waals surface area contributed by atoms with Crippen LogP contribution in [0.5, 0.6) is 5.75 Å². The third-order valence-electron chi connectivity index (χ3n) is 7.45. The van der Waals surface area contributed by atoms with E-state index in [0.717, 1.165) is 24.8 Å². The molecule has 2 amide bonds. The highest BCUT2D eigenvalue weighted by molar-refractivity contribution is 5.88. The number of rotatable bonds is 6. The molecule has 186 valence electrons. The lowest BCUT2D eigenvalue weighted by Crippen LogP contribution is -2.57. The van der Waals surface area contributed by atoms with Crippen molar-refractivity contribution in [2.45, 2.75) is 77.4 Å². The van der Waals surface area contributed by atoms with Crippen LogP contribution in [0.15, 0.2) is 24.3 Å². The summed E-state index contributed by atoms with van der Waals surface area (Å²) in [6.45, 7) is 5.49. The van der Waals surface area contributed by atoms with Crippen LogP contribution < -0.4 is 10.1 Å². The molecule has 7 heteroatoms. The summed E-state index contributed by atoms with van der Waals surface area (Å²) >= 11 is 0. The lowest BCUT2D eigenvalue weighted by Gasteiger charge is -2.55. The zero-order valence-corrected chi connectivity index (χ0v) is 21.1. The van der Waals surface area contributed by atoms with Crippen LogP contribution in [-0.4, -0.2) is 48.6 Å². The van der Waals surface area contributed by atoms with Gasteiger partial charge in [0, 0.05) is 25.9 Å². The molecule has 34 heavy (non-hydrogen) atoms. The van der Waals surface area contributed by atoms with Crippen molar-refractivity contribution in [2.24, 2.45) is 23.2 Å². The fourth-order valence-electron chi connectivity index (χ4n) is 6.39. The van der Waals surface area contributed by atoms with Crippen LogP contribution in [0.4, 0.5) is 4.79 Å². The number of hydrogen-bond acceptors (Lipinski definition) is 5. The van der Waals surface area contributed by atoms with E-state index in [1.807, 2.05) is 32.9 Å². The van der Waals surface area contributed by atoms with E-state index in [0.29, 0.717) is 29.9 Å². The summed E-state index contributed by atoms with van der Waals surface area (Å²) in [4.78, 5) is 39.9. The van der Waals surface area contributed by atoms with Crippen molar-refractivity contribution >= 4 is 18.0 Å². The highest BCUT2D eigenvalue weighted by atomic mass is 16.6. The Bertz CT molecular complexity index is 896. The van der Waals surface area contributed by atoms with Gasteiger partial charge in [-0.2, -0.15) is 0 Å². The molecule has 0 spiro atoms. The highest BCUT2D eigenvalue weighted by Gasteiger charge is 2.55. The van der Waals surface area contributed by atoms with Crippen molar-refractivity contribution < 1.29 is 23.9 Å². The minimum Gasteiger partial charge on any atom is -0.458 e. The number of nitrogens with one attached hydrogen (secondary N) is 1. The van der Waals surface area contributed by atoms with E-state index in [1.54, 1.807) is 26.2 Å².